The number of anilines is 1. The molecule has 1 saturated carbocycles. The van der Waals surface area contributed by atoms with Crippen LogP contribution in [-0.2, 0) is 0 Å². The van der Waals surface area contributed by atoms with Gasteiger partial charge in [-0.05, 0) is 19.2 Å². The molecule has 2 aliphatic rings. The number of likely N-dealkylation sites (tertiary alicyclic amines) is 1. The van der Waals surface area contributed by atoms with Crippen LogP contribution in [0.2, 0.25) is 0 Å². The minimum absolute atomic E-state index is 0.105. The van der Waals surface area contributed by atoms with Crippen LogP contribution in [0.15, 0.2) is 29.4 Å². The van der Waals surface area contributed by atoms with E-state index in [9.17, 15) is 0 Å². The molecule has 0 spiro atoms. The third-order valence-electron chi connectivity index (χ3n) is 5.31. The molecule has 0 aromatic carbocycles. The van der Waals surface area contributed by atoms with E-state index >= 15 is 0 Å². The number of rotatable bonds is 3. The Morgan fingerprint density at radius 3 is 3.08 bits per heavy atom. The van der Waals surface area contributed by atoms with Gasteiger partial charge >= 0.3 is 0 Å². The van der Waals surface area contributed by atoms with Crippen LogP contribution in [-0.4, -0.2) is 52.0 Å². The molecule has 5 rings (SSSR count). The van der Waals surface area contributed by atoms with Crippen molar-refractivity contribution in [3.63, 3.8) is 0 Å². The molecule has 0 bridgehead atoms. The number of likely N-dealkylation sites (N-methyl/N-ethyl adjacent to an activating group) is 1. The zero-order valence-corrected chi connectivity index (χ0v) is 14.6. The van der Waals surface area contributed by atoms with E-state index in [1.54, 1.807) is 17.5 Å². The number of hydrogen-bond acceptors (Lipinski definition) is 7. The monoisotopic (exact) mass is 353 g/mol. The molecule has 7 nitrogen and oxygen atoms in total. The first-order chi connectivity index (χ1) is 12.0. The van der Waals surface area contributed by atoms with Crippen molar-refractivity contribution < 1.29 is 0 Å². The quantitative estimate of drug-likeness (QED) is 0.623. The fraction of sp³-hybridized carbons (Fsp3) is 0.353. The molecule has 0 amide bonds. The lowest BCUT2D eigenvalue weighted by Gasteiger charge is -2.14. The van der Waals surface area contributed by atoms with Gasteiger partial charge in [-0.1, -0.05) is 0 Å². The second-order valence-corrected chi connectivity index (χ2v) is 8.13. The molecule has 1 aliphatic heterocycles. The molecule has 3 aromatic heterocycles. The zero-order valence-electron chi connectivity index (χ0n) is 13.8. The van der Waals surface area contributed by atoms with Crippen LogP contribution in [0.3, 0.4) is 0 Å². The van der Waals surface area contributed by atoms with Gasteiger partial charge in [0.2, 0.25) is 0 Å². The number of hydrogen-bond donors (Lipinski definition) is 3. The number of nitrogens with two attached hydrogens (primary N) is 2. The van der Waals surface area contributed by atoms with Crippen molar-refractivity contribution in [2.24, 2.45) is 22.6 Å². The van der Waals surface area contributed by atoms with Crippen LogP contribution in [0.1, 0.15) is 0 Å². The highest BCUT2D eigenvalue weighted by atomic mass is 32.1. The number of nitrogen functional groups attached to an aromatic ring is 1. The summed E-state index contributed by atoms with van der Waals surface area (Å²) in [6.07, 6.45) is 3.76. The van der Waals surface area contributed by atoms with Gasteiger partial charge in [0.25, 0.3) is 0 Å². The maximum atomic E-state index is 6.48. The van der Waals surface area contributed by atoms with Crippen LogP contribution < -0.4 is 11.5 Å². The van der Waals surface area contributed by atoms with Crippen molar-refractivity contribution >= 4 is 39.3 Å². The predicted molar refractivity (Wildman–Crippen MR) is 101 cm³/mol. The van der Waals surface area contributed by atoms with E-state index in [1.807, 2.05) is 24.4 Å². The van der Waals surface area contributed by atoms with Crippen LogP contribution in [0, 0.1) is 11.8 Å². The summed E-state index contributed by atoms with van der Waals surface area (Å²) in [5, 5.41) is 7.00. The van der Waals surface area contributed by atoms with Crippen molar-refractivity contribution in [3.8, 4) is 10.6 Å². The highest BCUT2D eigenvalue weighted by molar-refractivity contribution is 7.22. The maximum Gasteiger partial charge on any atom is 0.126 e. The Labute approximate surface area is 148 Å². The number of thiophene rings is 1. The number of aromatic amines is 1. The lowest BCUT2D eigenvalue weighted by molar-refractivity contribution is 0.352. The fourth-order valence-corrected chi connectivity index (χ4v) is 5.04. The van der Waals surface area contributed by atoms with E-state index in [-0.39, 0.29) is 5.54 Å². The van der Waals surface area contributed by atoms with E-state index in [2.05, 4.69) is 27.1 Å². The second-order valence-electron chi connectivity index (χ2n) is 7.08. The molecule has 3 aromatic rings. The molecule has 1 aliphatic carbocycles. The maximum absolute atomic E-state index is 6.48. The summed E-state index contributed by atoms with van der Waals surface area (Å²) >= 11 is 1.64. The second kappa shape index (κ2) is 5.10. The Bertz CT molecular complexity index is 976. The normalized spacial score (nSPS) is 28.9. The van der Waals surface area contributed by atoms with Crippen molar-refractivity contribution in [1.29, 1.82) is 0 Å². The number of fused-ring (bicyclic) bond motifs is 2. The molecule has 8 heteroatoms. The first kappa shape index (κ1) is 15.0. The number of H-pyrrole nitrogens is 1. The summed E-state index contributed by atoms with van der Waals surface area (Å²) in [6, 6.07) is 5.80. The number of pyridine rings is 1. The first-order valence-corrected chi connectivity index (χ1v) is 9.08. The van der Waals surface area contributed by atoms with Gasteiger partial charge in [0.05, 0.1) is 26.5 Å². The summed E-state index contributed by atoms with van der Waals surface area (Å²) < 4.78 is 1.03. The van der Waals surface area contributed by atoms with Gasteiger partial charge in [-0.15, -0.1) is 11.3 Å². The van der Waals surface area contributed by atoms with Crippen LogP contribution in [0.5, 0.6) is 0 Å². The molecular weight excluding hydrogens is 334 g/mol. The molecular formula is C17H19N7S. The minimum atomic E-state index is -0.105. The van der Waals surface area contributed by atoms with Gasteiger partial charge < -0.3 is 16.4 Å². The molecule has 5 N–H and O–H groups in total. The van der Waals surface area contributed by atoms with E-state index in [0.717, 1.165) is 39.6 Å². The van der Waals surface area contributed by atoms with Crippen LogP contribution in [0.25, 0.3) is 20.8 Å². The summed E-state index contributed by atoms with van der Waals surface area (Å²) in [6.45, 7) is 1.98. The van der Waals surface area contributed by atoms with Gasteiger partial charge in [0.15, 0.2) is 0 Å². The Morgan fingerprint density at radius 2 is 2.36 bits per heavy atom. The number of aromatic nitrogens is 3. The number of piperidine rings is 1. The average Bonchev–Trinajstić information content (AvgIpc) is 3.08. The number of nitrogens with zero attached hydrogens (tertiary/aromatic N) is 4. The van der Waals surface area contributed by atoms with Gasteiger partial charge in [0, 0.05) is 48.9 Å². The van der Waals surface area contributed by atoms with Crippen LogP contribution in [0.4, 0.5) is 11.5 Å². The topological polar surface area (TPSA) is 109 Å². The average molecular weight is 353 g/mol. The van der Waals surface area contributed by atoms with Gasteiger partial charge in [-0.2, -0.15) is 5.10 Å². The Kier molecular flexibility index (Phi) is 3.06. The Balaban J connectivity index is 1.50. The van der Waals surface area contributed by atoms with Crippen molar-refractivity contribution in [2.75, 3.05) is 25.9 Å². The smallest absolute Gasteiger partial charge is 0.126 e. The van der Waals surface area contributed by atoms with Gasteiger partial charge in [0.1, 0.15) is 5.82 Å². The number of nitrogens with one attached hydrogen (secondary N) is 1. The summed E-state index contributed by atoms with van der Waals surface area (Å²) in [5.74, 6) is 1.34. The minimum Gasteiger partial charge on any atom is -0.384 e. The largest absolute Gasteiger partial charge is 0.384 e. The van der Waals surface area contributed by atoms with Gasteiger partial charge in [-0.3, -0.25) is 10.1 Å². The van der Waals surface area contributed by atoms with E-state index < -0.39 is 0 Å². The zero-order chi connectivity index (χ0) is 17.2. The molecule has 25 heavy (non-hydrogen) atoms. The third-order valence-corrected chi connectivity index (χ3v) is 6.49. The fourth-order valence-electron chi connectivity index (χ4n) is 4.00. The molecule has 0 radical (unpaired) electrons. The summed E-state index contributed by atoms with van der Waals surface area (Å²) in [4.78, 5) is 12.5. The molecule has 128 valence electrons. The lowest BCUT2D eigenvalue weighted by Crippen LogP contribution is -2.34. The standard InChI is InChI=1S/C17H19N7S/c1-24-7-10-9(17(10,19)8-24)6-20-12-5-15(18)22-13-4-14(25-16(12)13)11-2-3-21-23-11/h2-6,9-10H,7-8,19H2,1H3,(H2,18,22)(H,21,23)/b20-6+. The highest BCUT2D eigenvalue weighted by Crippen LogP contribution is 2.52. The van der Waals surface area contributed by atoms with E-state index in [0.29, 0.717) is 17.7 Å². The third kappa shape index (κ3) is 2.29. The van der Waals surface area contributed by atoms with Crippen LogP contribution >= 0.6 is 11.3 Å². The van der Waals surface area contributed by atoms with Crippen molar-refractivity contribution in [2.45, 2.75) is 5.54 Å². The van der Waals surface area contributed by atoms with Crippen molar-refractivity contribution in [1.82, 2.24) is 20.1 Å². The van der Waals surface area contributed by atoms with E-state index in [4.69, 9.17) is 16.5 Å². The van der Waals surface area contributed by atoms with Gasteiger partial charge in [-0.25, -0.2) is 4.98 Å². The first-order valence-electron chi connectivity index (χ1n) is 8.26. The molecule has 1 saturated heterocycles. The van der Waals surface area contributed by atoms with Crippen molar-refractivity contribution in [3.05, 3.63) is 24.4 Å². The molecule has 4 heterocycles. The van der Waals surface area contributed by atoms with E-state index in [1.165, 1.54) is 0 Å². The lowest BCUT2D eigenvalue weighted by atomic mass is 10.2. The Hall–Kier alpha value is -2.29. The predicted octanol–water partition coefficient (Wildman–Crippen LogP) is 1.86. The molecule has 3 unspecified atom stereocenters. The molecule has 3 atom stereocenters. The summed E-state index contributed by atoms with van der Waals surface area (Å²) in [7, 11) is 2.12. The highest BCUT2D eigenvalue weighted by Gasteiger charge is 2.65. The SMILES string of the molecule is CN1CC2C(/C=N/c3cc(N)nc4cc(-c5ccn[nH]5)sc34)C2(N)C1. The Morgan fingerprint density at radius 1 is 1.48 bits per heavy atom. The number of aliphatic imine (C=N–C) groups is 1. The summed E-state index contributed by atoms with van der Waals surface area (Å²) in [5.41, 5.74) is 15.0. The molecule has 2 fully saturated rings.